The van der Waals surface area contributed by atoms with Crippen molar-refractivity contribution >= 4 is 11.9 Å². The standard InChI is InChI=1S/C43H78N2O15/c1-16-32-43(11)37(58-60-59-43)28(6)45(14)23-24(2)21-41(9,49)36(57-40-35(54-30(8)47)31(44(12)13)20-25(3)52-40)26(4)34(27(5)39(48)55-32)56-33-22-42(10,50-15)38(29(7)53-33)51-19-17-18-46/h24-29,31-38,40,46,49H,16-23H2,1-15H3/t24-,25-,26+,27-,28-,29+,31+,32-,33+,34+,35-,36-,37-,38+,40+,41-,42-,43-/m1/s1. The zero-order chi connectivity index (χ0) is 44.9. The maximum Gasteiger partial charge on any atom is 0.311 e. The summed E-state index contributed by atoms with van der Waals surface area (Å²) >= 11 is 0. The molecule has 0 amide bonds. The number of hydrogen-bond donors (Lipinski definition) is 2. The van der Waals surface area contributed by atoms with Crippen molar-refractivity contribution in [3.63, 3.8) is 0 Å². The Morgan fingerprint density at radius 1 is 1.00 bits per heavy atom. The number of aliphatic hydroxyl groups is 2. The zero-order valence-electron chi connectivity index (χ0n) is 38.9. The number of esters is 2. The lowest BCUT2D eigenvalue weighted by molar-refractivity contribution is -0.477. The molecule has 0 aromatic carbocycles. The number of methoxy groups -OCH3 is 1. The van der Waals surface area contributed by atoms with Gasteiger partial charge in [-0.05, 0) is 101 Å². The fraction of sp³-hybridized carbons (Fsp3) is 0.953. The molecule has 0 spiro atoms. The van der Waals surface area contributed by atoms with Crippen molar-refractivity contribution < 1.29 is 72.5 Å². The van der Waals surface area contributed by atoms with E-state index in [1.165, 1.54) is 6.92 Å². The molecule has 18 atom stereocenters. The predicted molar refractivity (Wildman–Crippen MR) is 218 cm³/mol. The first-order chi connectivity index (χ1) is 28.0. The number of cyclic esters (lactones) is 1. The number of nitrogens with zero attached hydrogens (tertiary/aromatic N) is 2. The second-order valence-electron chi connectivity index (χ2n) is 18.9. The van der Waals surface area contributed by atoms with E-state index in [0.29, 0.717) is 32.4 Å². The molecular formula is C43H78N2O15. The highest BCUT2D eigenvalue weighted by Crippen LogP contribution is 2.42. The number of hydrogen-bond acceptors (Lipinski definition) is 17. The summed E-state index contributed by atoms with van der Waals surface area (Å²) in [7, 11) is 7.40. The van der Waals surface area contributed by atoms with Crippen molar-refractivity contribution in [3.05, 3.63) is 0 Å². The van der Waals surface area contributed by atoms with Gasteiger partial charge in [-0.25, -0.2) is 0 Å². The lowest BCUT2D eigenvalue weighted by Crippen LogP contribution is -2.61. The van der Waals surface area contributed by atoms with Crippen molar-refractivity contribution in [1.82, 2.24) is 9.80 Å². The molecule has 17 heteroatoms. The molecule has 0 aliphatic carbocycles. The van der Waals surface area contributed by atoms with Gasteiger partial charge in [0.25, 0.3) is 0 Å². The topological polar surface area (TPSA) is 183 Å². The van der Waals surface area contributed by atoms with Gasteiger partial charge in [0.15, 0.2) is 24.3 Å². The molecule has 17 nitrogen and oxygen atoms in total. The maximum absolute atomic E-state index is 14.6. The third-order valence-corrected chi connectivity index (χ3v) is 13.3. The molecule has 4 fully saturated rings. The van der Waals surface area contributed by atoms with Crippen LogP contribution in [-0.2, 0) is 62.3 Å². The van der Waals surface area contributed by atoms with Crippen molar-refractivity contribution in [3.8, 4) is 0 Å². The fourth-order valence-electron chi connectivity index (χ4n) is 9.99. The molecule has 4 saturated heterocycles. The third kappa shape index (κ3) is 11.8. The fourth-order valence-corrected chi connectivity index (χ4v) is 9.99. The monoisotopic (exact) mass is 863 g/mol. The van der Waals surface area contributed by atoms with Gasteiger partial charge >= 0.3 is 11.9 Å². The number of fused-ring (bicyclic) bond motifs is 1. The number of carbonyl (C=O) groups is 2. The van der Waals surface area contributed by atoms with Crippen LogP contribution >= 0.6 is 0 Å². The Morgan fingerprint density at radius 2 is 1.68 bits per heavy atom. The summed E-state index contributed by atoms with van der Waals surface area (Å²) in [5.74, 6) is -2.86. The number of carbonyl (C=O) groups excluding carboxylic acids is 2. The van der Waals surface area contributed by atoms with Crippen LogP contribution in [0.4, 0.5) is 0 Å². The highest BCUT2D eigenvalue weighted by molar-refractivity contribution is 5.73. The summed E-state index contributed by atoms with van der Waals surface area (Å²) in [6.07, 6.45) is -5.61. The van der Waals surface area contributed by atoms with Crippen LogP contribution in [0.3, 0.4) is 0 Å². The number of likely N-dealkylation sites (N-methyl/N-ethyl adjacent to an activating group) is 2. The van der Waals surface area contributed by atoms with E-state index in [4.69, 9.17) is 52.7 Å². The van der Waals surface area contributed by atoms with Gasteiger partial charge in [-0.1, -0.05) is 25.8 Å². The number of rotatable bonds is 12. The van der Waals surface area contributed by atoms with E-state index in [0.717, 1.165) is 0 Å². The first-order valence-electron chi connectivity index (χ1n) is 21.9. The first kappa shape index (κ1) is 51.1. The summed E-state index contributed by atoms with van der Waals surface area (Å²) in [6, 6.07) is -0.513. The molecule has 4 rings (SSSR count). The van der Waals surface area contributed by atoms with Crippen LogP contribution in [0.5, 0.6) is 0 Å². The Bertz CT molecular complexity index is 1380. The van der Waals surface area contributed by atoms with Gasteiger partial charge in [-0.15, -0.1) is 0 Å². The van der Waals surface area contributed by atoms with E-state index < -0.39 is 95.9 Å². The van der Waals surface area contributed by atoms with Crippen LogP contribution in [0.25, 0.3) is 0 Å². The van der Waals surface area contributed by atoms with Crippen LogP contribution in [0.2, 0.25) is 0 Å². The Hall–Kier alpha value is -1.58. The molecule has 2 N–H and O–H groups in total. The Morgan fingerprint density at radius 3 is 2.28 bits per heavy atom. The minimum absolute atomic E-state index is 0.0143. The first-order valence-corrected chi connectivity index (χ1v) is 21.9. The predicted octanol–water partition coefficient (Wildman–Crippen LogP) is 3.79. The molecule has 0 aromatic rings. The summed E-state index contributed by atoms with van der Waals surface area (Å²) in [5.41, 5.74) is -3.60. The van der Waals surface area contributed by atoms with Gasteiger partial charge in [0.05, 0.1) is 47.6 Å². The van der Waals surface area contributed by atoms with Crippen molar-refractivity contribution in [2.75, 3.05) is 48.0 Å². The average molecular weight is 863 g/mol. The normalized spacial score (nSPS) is 45.4. The van der Waals surface area contributed by atoms with Crippen LogP contribution in [-0.4, -0.2) is 170 Å². The lowest BCUT2D eigenvalue weighted by Gasteiger charge is -2.49. The lowest BCUT2D eigenvalue weighted by atomic mass is 9.77. The van der Waals surface area contributed by atoms with Gasteiger partial charge in [0, 0.05) is 52.2 Å². The van der Waals surface area contributed by atoms with Crippen molar-refractivity contribution in [1.29, 1.82) is 0 Å². The molecule has 0 unspecified atom stereocenters. The minimum atomic E-state index is -1.56. The Balaban J connectivity index is 1.84. The number of aliphatic hydroxyl groups excluding tert-OH is 1. The highest BCUT2D eigenvalue weighted by atomic mass is 17.5. The molecule has 0 aromatic heterocycles. The average Bonchev–Trinajstić information content (AvgIpc) is 3.56. The smallest absolute Gasteiger partial charge is 0.311 e. The number of ether oxygens (including phenoxy) is 8. The summed E-state index contributed by atoms with van der Waals surface area (Å²) < 4.78 is 51.5. The van der Waals surface area contributed by atoms with Gasteiger partial charge in [0.2, 0.25) is 0 Å². The highest BCUT2D eigenvalue weighted by Gasteiger charge is 2.57. The maximum atomic E-state index is 14.6. The van der Waals surface area contributed by atoms with Crippen molar-refractivity contribution in [2.45, 2.75) is 199 Å². The largest absolute Gasteiger partial charge is 0.459 e. The third-order valence-electron chi connectivity index (χ3n) is 13.3. The quantitative estimate of drug-likeness (QED) is 0.164. The Kier molecular flexibility index (Phi) is 18.2. The molecule has 0 bridgehead atoms. The zero-order valence-corrected chi connectivity index (χ0v) is 38.9. The van der Waals surface area contributed by atoms with E-state index in [2.05, 4.69) is 11.8 Å². The summed E-state index contributed by atoms with van der Waals surface area (Å²) in [5, 5.41) is 27.4. The molecule has 60 heavy (non-hydrogen) atoms. The van der Waals surface area contributed by atoms with Gasteiger partial charge in [-0.3, -0.25) is 9.59 Å². The van der Waals surface area contributed by atoms with Gasteiger partial charge in [-0.2, -0.15) is 9.78 Å². The van der Waals surface area contributed by atoms with E-state index >= 15 is 0 Å². The summed E-state index contributed by atoms with van der Waals surface area (Å²) in [6.45, 7) is 21.0. The van der Waals surface area contributed by atoms with E-state index in [-0.39, 0.29) is 43.6 Å². The molecule has 0 radical (unpaired) electrons. The van der Waals surface area contributed by atoms with Crippen LogP contribution < -0.4 is 0 Å². The van der Waals surface area contributed by atoms with E-state index in [9.17, 15) is 19.8 Å². The second-order valence-corrected chi connectivity index (χ2v) is 18.9. The molecule has 4 heterocycles. The van der Waals surface area contributed by atoms with Gasteiger partial charge < -0.3 is 57.9 Å². The van der Waals surface area contributed by atoms with E-state index in [1.807, 2.05) is 74.5 Å². The molecule has 0 saturated carbocycles. The molecule has 350 valence electrons. The molecule has 4 aliphatic rings. The molecule has 4 aliphatic heterocycles. The second kappa shape index (κ2) is 21.4. The van der Waals surface area contributed by atoms with E-state index in [1.54, 1.807) is 21.0 Å². The van der Waals surface area contributed by atoms with Gasteiger partial charge in [0.1, 0.15) is 18.3 Å². The minimum Gasteiger partial charge on any atom is -0.459 e. The van der Waals surface area contributed by atoms with Crippen LogP contribution in [0.1, 0.15) is 108 Å². The van der Waals surface area contributed by atoms with Crippen LogP contribution in [0, 0.1) is 17.8 Å². The molecular weight excluding hydrogens is 784 g/mol. The van der Waals surface area contributed by atoms with Crippen LogP contribution in [0.15, 0.2) is 0 Å². The summed E-state index contributed by atoms with van der Waals surface area (Å²) in [4.78, 5) is 42.9. The Labute approximate surface area is 358 Å². The SMILES string of the molecule is CC[C@H]1OC(=O)[C@H](C)[C@@H](O[C@H]2C[C@@](C)(OC)[C@@H](OCCCO)[C@H](C)O2)[C@H](C)[C@@H](O[C@@H]2O[C@H](C)C[C@H](N(C)C)[C@H]2OC(C)=O)[C@](C)(O)C[C@@H](C)CN(C)[C@H](C)[C@H]2OOO[C@@]21C. The van der Waals surface area contributed by atoms with Crippen molar-refractivity contribution in [2.24, 2.45) is 17.8 Å².